The first-order valence-electron chi connectivity index (χ1n) is 6.95. The normalized spacial score (nSPS) is 15.2. The molecule has 3 nitrogen and oxygen atoms in total. The number of benzene rings is 1. The molecule has 0 fully saturated rings. The Morgan fingerprint density at radius 1 is 1.20 bits per heavy atom. The number of nitrogens with zero attached hydrogens (tertiary/aromatic N) is 1. The Balaban J connectivity index is 2.46. The number of pyridine rings is 1. The third kappa shape index (κ3) is 1.49. The molecule has 2 heterocycles. The monoisotopic (exact) mass is 269 g/mol. The molecule has 0 atom stereocenters. The topological polar surface area (TPSA) is 42.2 Å². The van der Waals surface area contributed by atoms with Gasteiger partial charge in [0.2, 0.25) is 0 Å². The molecule has 104 valence electrons. The Bertz CT molecular complexity index is 754. The van der Waals surface area contributed by atoms with Crippen molar-refractivity contribution in [1.29, 1.82) is 0 Å². The van der Waals surface area contributed by atoms with Gasteiger partial charge in [-0.2, -0.15) is 0 Å². The lowest BCUT2D eigenvalue weighted by molar-refractivity contribution is 0.457. The summed E-state index contributed by atoms with van der Waals surface area (Å²) in [5.74, 6) is 0.105. The van der Waals surface area contributed by atoms with Crippen LogP contribution in [0.25, 0.3) is 5.69 Å². The highest BCUT2D eigenvalue weighted by molar-refractivity contribution is 5.58. The van der Waals surface area contributed by atoms with Crippen LogP contribution in [0.4, 0.5) is 0 Å². The first-order valence-corrected chi connectivity index (χ1v) is 6.95. The molecular formula is C17H19NO2. The van der Waals surface area contributed by atoms with Crippen LogP contribution in [-0.4, -0.2) is 9.67 Å². The Morgan fingerprint density at radius 2 is 1.85 bits per heavy atom. The van der Waals surface area contributed by atoms with Crippen molar-refractivity contribution >= 4 is 0 Å². The van der Waals surface area contributed by atoms with Gasteiger partial charge in [0, 0.05) is 17.2 Å². The fourth-order valence-electron chi connectivity index (χ4n) is 3.19. The highest BCUT2D eigenvalue weighted by Crippen LogP contribution is 2.43. The van der Waals surface area contributed by atoms with Gasteiger partial charge in [0.05, 0.1) is 11.3 Å². The lowest BCUT2D eigenvalue weighted by atomic mass is 9.83. The molecular weight excluding hydrogens is 250 g/mol. The van der Waals surface area contributed by atoms with E-state index in [4.69, 9.17) is 0 Å². The highest BCUT2D eigenvalue weighted by Gasteiger charge is 2.37. The average Bonchev–Trinajstić information content (AvgIpc) is 2.59. The minimum absolute atomic E-state index is 0.00354. The second kappa shape index (κ2) is 3.98. The summed E-state index contributed by atoms with van der Waals surface area (Å²) in [7, 11) is 0. The lowest BCUT2D eigenvalue weighted by Crippen LogP contribution is -2.26. The second-order valence-corrected chi connectivity index (χ2v) is 6.27. The van der Waals surface area contributed by atoms with Crippen molar-refractivity contribution in [2.45, 2.75) is 39.0 Å². The third-order valence-electron chi connectivity index (χ3n) is 4.26. The molecule has 1 aliphatic heterocycles. The van der Waals surface area contributed by atoms with Crippen LogP contribution in [0.2, 0.25) is 0 Å². The molecule has 3 heteroatoms. The maximum absolute atomic E-state index is 12.8. The van der Waals surface area contributed by atoms with E-state index in [-0.39, 0.29) is 22.6 Å². The SMILES string of the molecule is CC(C)c1c(O)cc2n(c1=O)-c1ccccc1C2(C)C. The number of rotatable bonds is 1. The molecule has 0 aliphatic carbocycles. The smallest absolute Gasteiger partial charge is 0.262 e. The fourth-order valence-corrected chi connectivity index (χ4v) is 3.19. The number of hydrogen-bond acceptors (Lipinski definition) is 2. The largest absolute Gasteiger partial charge is 0.507 e. The Kier molecular flexibility index (Phi) is 2.58. The first kappa shape index (κ1) is 13.0. The maximum Gasteiger partial charge on any atom is 0.262 e. The van der Waals surface area contributed by atoms with E-state index in [1.165, 1.54) is 0 Å². The summed E-state index contributed by atoms with van der Waals surface area (Å²) in [6.45, 7) is 8.02. The van der Waals surface area contributed by atoms with Gasteiger partial charge in [0.1, 0.15) is 5.75 Å². The molecule has 1 N–H and O–H groups in total. The molecule has 1 aromatic heterocycles. The van der Waals surface area contributed by atoms with Crippen molar-refractivity contribution in [2.24, 2.45) is 0 Å². The zero-order chi connectivity index (χ0) is 14.7. The highest BCUT2D eigenvalue weighted by atomic mass is 16.3. The van der Waals surface area contributed by atoms with E-state index >= 15 is 0 Å². The Hall–Kier alpha value is -2.03. The van der Waals surface area contributed by atoms with Crippen molar-refractivity contribution in [3.63, 3.8) is 0 Å². The summed E-state index contributed by atoms with van der Waals surface area (Å²) in [4.78, 5) is 12.8. The van der Waals surface area contributed by atoms with Crippen LogP contribution in [-0.2, 0) is 5.41 Å². The van der Waals surface area contributed by atoms with E-state index in [0.29, 0.717) is 5.56 Å². The van der Waals surface area contributed by atoms with Crippen molar-refractivity contribution in [1.82, 2.24) is 4.57 Å². The number of aromatic nitrogens is 1. The van der Waals surface area contributed by atoms with Crippen LogP contribution >= 0.6 is 0 Å². The summed E-state index contributed by atoms with van der Waals surface area (Å²) in [6.07, 6.45) is 0. The Morgan fingerprint density at radius 3 is 2.50 bits per heavy atom. The van der Waals surface area contributed by atoms with E-state index in [0.717, 1.165) is 16.9 Å². The first-order chi connectivity index (χ1) is 9.35. The minimum Gasteiger partial charge on any atom is -0.507 e. The number of fused-ring (bicyclic) bond motifs is 3. The van der Waals surface area contributed by atoms with Gasteiger partial charge in [-0.3, -0.25) is 9.36 Å². The van der Waals surface area contributed by atoms with Gasteiger partial charge in [0.15, 0.2) is 0 Å². The number of para-hydroxylation sites is 1. The molecule has 0 unspecified atom stereocenters. The third-order valence-corrected chi connectivity index (χ3v) is 4.26. The number of aromatic hydroxyl groups is 1. The molecule has 0 bridgehead atoms. The van der Waals surface area contributed by atoms with Gasteiger partial charge in [-0.05, 0) is 17.5 Å². The van der Waals surface area contributed by atoms with Crippen molar-refractivity contribution in [3.05, 3.63) is 57.5 Å². The summed E-state index contributed by atoms with van der Waals surface area (Å²) in [5, 5.41) is 10.2. The van der Waals surface area contributed by atoms with Gasteiger partial charge >= 0.3 is 0 Å². The van der Waals surface area contributed by atoms with Crippen molar-refractivity contribution in [2.75, 3.05) is 0 Å². The maximum atomic E-state index is 12.8. The van der Waals surface area contributed by atoms with Gasteiger partial charge in [-0.15, -0.1) is 0 Å². The molecule has 20 heavy (non-hydrogen) atoms. The van der Waals surface area contributed by atoms with Crippen LogP contribution in [0.3, 0.4) is 0 Å². The molecule has 3 rings (SSSR count). The predicted molar refractivity (Wildman–Crippen MR) is 79.9 cm³/mol. The van der Waals surface area contributed by atoms with E-state index in [2.05, 4.69) is 13.8 Å². The van der Waals surface area contributed by atoms with Crippen LogP contribution in [0.1, 0.15) is 50.4 Å². The van der Waals surface area contributed by atoms with Gasteiger partial charge < -0.3 is 5.11 Å². The molecule has 2 aromatic rings. The Labute approximate surface area is 118 Å². The van der Waals surface area contributed by atoms with Gasteiger partial charge in [-0.1, -0.05) is 45.9 Å². The minimum atomic E-state index is -0.275. The predicted octanol–water partition coefficient (Wildman–Crippen LogP) is 3.31. The van der Waals surface area contributed by atoms with Gasteiger partial charge in [-0.25, -0.2) is 0 Å². The van der Waals surface area contributed by atoms with E-state index < -0.39 is 0 Å². The summed E-state index contributed by atoms with van der Waals surface area (Å²) in [5.41, 5.74) is 3.01. The van der Waals surface area contributed by atoms with Crippen LogP contribution in [0, 0.1) is 0 Å². The molecule has 0 saturated heterocycles. The standard InChI is InChI=1S/C17H19NO2/c1-10(2)15-13(19)9-14-17(3,4)11-7-5-6-8-12(11)18(14)16(15)20/h5-10,19H,1-4H3. The molecule has 0 spiro atoms. The quantitative estimate of drug-likeness (QED) is 0.863. The summed E-state index contributed by atoms with van der Waals surface area (Å²) in [6, 6.07) is 9.69. The van der Waals surface area contributed by atoms with E-state index in [9.17, 15) is 9.90 Å². The molecule has 1 aliphatic rings. The van der Waals surface area contributed by atoms with Crippen LogP contribution in [0.15, 0.2) is 35.1 Å². The summed E-state index contributed by atoms with van der Waals surface area (Å²) < 4.78 is 1.75. The second-order valence-electron chi connectivity index (χ2n) is 6.27. The van der Waals surface area contributed by atoms with Crippen molar-refractivity contribution < 1.29 is 5.11 Å². The lowest BCUT2D eigenvalue weighted by Gasteiger charge is -2.21. The zero-order valence-corrected chi connectivity index (χ0v) is 12.3. The van der Waals surface area contributed by atoms with E-state index in [1.54, 1.807) is 10.6 Å². The molecule has 0 saturated carbocycles. The van der Waals surface area contributed by atoms with Crippen LogP contribution in [0.5, 0.6) is 5.75 Å². The molecule has 1 aromatic carbocycles. The zero-order valence-electron chi connectivity index (χ0n) is 12.3. The van der Waals surface area contributed by atoms with Crippen LogP contribution < -0.4 is 5.56 Å². The molecule has 0 amide bonds. The summed E-state index contributed by atoms with van der Waals surface area (Å²) >= 11 is 0. The number of hydrogen-bond donors (Lipinski definition) is 1. The average molecular weight is 269 g/mol. The fraction of sp³-hybridized carbons (Fsp3) is 0.353. The van der Waals surface area contributed by atoms with E-state index in [1.807, 2.05) is 38.1 Å². The van der Waals surface area contributed by atoms with Crippen molar-refractivity contribution in [3.8, 4) is 11.4 Å². The molecule has 0 radical (unpaired) electrons. The van der Waals surface area contributed by atoms with Gasteiger partial charge in [0.25, 0.3) is 5.56 Å².